The fraction of sp³-hybridized carbons (Fsp3) is 0.294. The van der Waals surface area contributed by atoms with Crippen LogP contribution in [0.5, 0.6) is 5.75 Å². The highest BCUT2D eigenvalue weighted by atomic mass is 32.2. The van der Waals surface area contributed by atoms with Crippen LogP contribution in [0.4, 0.5) is 8.78 Å². The Labute approximate surface area is 143 Å². The predicted molar refractivity (Wildman–Crippen MR) is 89.9 cm³/mol. The molecule has 0 aliphatic heterocycles. The molecule has 2 rings (SSSR count). The van der Waals surface area contributed by atoms with Gasteiger partial charge in [0, 0.05) is 24.2 Å². The molecule has 0 aliphatic carbocycles. The molecule has 1 N–H and O–H groups in total. The van der Waals surface area contributed by atoms with Crippen LogP contribution in [0.3, 0.4) is 0 Å². The number of thioether (sulfide) groups is 1. The Kier molecular flexibility index (Phi) is 6.99. The standard InChI is InChI=1S/C17H18F2N2O2S/c1-12(9-23-16-5-4-14(18)7-15(16)19)21-17(22)11-24-10-13-3-2-6-20-8-13/h2-8,12H,9-11H2,1H3,(H,21,22)/t12-/m1/s1. The summed E-state index contributed by atoms with van der Waals surface area (Å²) in [5, 5.41) is 2.77. The third-order valence-electron chi connectivity index (χ3n) is 3.01. The van der Waals surface area contributed by atoms with Crippen molar-refractivity contribution in [3.05, 3.63) is 59.9 Å². The molecular weight excluding hydrogens is 334 g/mol. The Morgan fingerprint density at radius 1 is 1.38 bits per heavy atom. The number of rotatable bonds is 8. The first-order chi connectivity index (χ1) is 11.5. The molecule has 0 bridgehead atoms. The molecule has 0 unspecified atom stereocenters. The number of hydrogen-bond donors (Lipinski definition) is 1. The minimum Gasteiger partial charge on any atom is -0.488 e. The monoisotopic (exact) mass is 352 g/mol. The molecule has 128 valence electrons. The molecule has 0 radical (unpaired) electrons. The number of pyridine rings is 1. The van der Waals surface area contributed by atoms with Crippen LogP contribution in [0.2, 0.25) is 0 Å². The summed E-state index contributed by atoms with van der Waals surface area (Å²) in [6, 6.07) is 6.61. The smallest absolute Gasteiger partial charge is 0.230 e. The zero-order valence-corrected chi connectivity index (χ0v) is 14.0. The largest absolute Gasteiger partial charge is 0.488 e. The maximum atomic E-state index is 13.4. The lowest BCUT2D eigenvalue weighted by molar-refractivity contribution is -0.119. The van der Waals surface area contributed by atoms with Crippen molar-refractivity contribution in [1.29, 1.82) is 0 Å². The number of nitrogens with zero attached hydrogens (tertiary/aromatic N) is 1. The number of carbonyl (C=O) groups is 1. The van der Waals surface area contributed by atoms with E-state index in [-0.39, 0.29) is 24.3 Å². The Morgan fingerprint density at radius 2 is 2.21 bits per heavy atom. The molecule has 0 saturated carbocycles. The van der Waals surface area contributed by atoms with Gasteiger partial charge in [0.15, 0.2) is 11.6 Å². The average Bonchev–Trinajstić information content (AvgIpc) is 2.55. The lowest BCUT2D eigenvalue weighted by atomic mass is 10.3. The molecule has 1 heterocycles. The molecule has 1 aromatic carbocycles. The SMILES string of the molecule is C[C@H](COc1ccc(F)cc1F)NC(=O)CSCc1cccnc1. The summed E-state index contributed by atoms with van der Waals surface area (Å²) in [6.07, 6.45) is 3.46. The first-order valence-electron chi connectivity index (χ1n) is 7.38. The molecule has 0 fully saturated rings. The van der Waals surface area contributed by atoms with E-state index in [1.54, 1.807) is 19.3 Å². The number of amides is 1. The molecule has 4 nitrogen and oxygen atoms in total. The van der Waals surface area contributed by atoms with Crippen molar-refractivity contribution in [2.45, 2.75) is 18.7 Å². The summed E-state index contributed by atoms with van der Waals surface area (Å²) in [6.45, 7) is 1.85. The van der Waals surface area contributed by atoms with Crippen molar-refractivity contribution in [2.75, 3.05) is 12.4 Å². The molecule has 2 aromatic rings. The van der Waals surface area contributed by atoms with E-state index in [1.165, 1.54) is 17.8 Å². The number of hydrogen-bond acceptors (Lipinski definition) is 4. The van der Waals surface area contributed by atoms with Crippen LogP contribution >= 0.6 is 11.8 Å². The van der Waals surface area contributed by atoms with E-state index in [1.807, 2.05) is 12.1 Å². The summed E-state index contributed by atoms with van der Waals surface area (Å²) in [7, 11) is 0. The van der Waals surface area contributed by atoms with Gasteiger partial charge in [-0.25, -0.2) is 8.78 Å². The van der Waals surface area contributed by atoms with Crippen LogP contribution in [0.25, 0.3) is 0 Å². The molecule has 1 aromatic heterocycles. The molecule has 1 atom stereocenters. The summed E-state index contributed by atoms with van der Waals surface area (Å²) < 4.78 is 31.5. The van der Waals surface area contributed by atoms with Gasteiger partial charge >= 0.3 is 0 Å². The fourth-order valence-electron chi connectivity index (χ4n) is 1.91. The molecule has 0 spiro atoms. The van der Waals surface area contributed by atoms with Gasteiger partial charge in [0.1, 0.15) is 12.4 Å². The molecule has 24 heavy (non-hydrogen) atoms. The van der Waals surface area contributed by atoms with E-state index >= 15 is 0 Å². The predicted octanol–water partition coefficient (Wildman–Crippen LogP) is 3.18. The van der Waals surface area contributed by atoms with E-state index in [9.17, 15) is 13.6 Å². The average molecular weight is 352 g/mol. The lowest BCUT2D eigenvalue weighted by Crippen LogP contribution is -2.37. The first kappa shape index (κ1) is 18.2. The number of ether oxygens (including phenoxy) is 1. The second kappa shape index (κ2) is 9.22. The van der Waals surface area contributed by atoms with Crippen molar-refractivity contribution in [3.8, 4) is 5.75 Å². The lowest BCUT2D eigenvalue weighted by Gasteiger charge is -2.15. The molecular formula is C17H18F2N2O2S. The van der Waals surface area contributed by atoms with Crippen LogP contribution in [0, 0.1) is 11.6 Å². The van der Waals surface area contributed by atoms with Crippen LogP contribution in [0.15, 0.2) is 42.7 Å². The van der Waals surface area contributed by atoms with Gasteiger partial charge in [-0.05, 0) is 30.7 Å². The summed E-state index contributed by atoms with van der Waals surface area (Å²) in [5.74, 6) is -0.577. The van der Waals surface area contributed by atoms with Gasteiger partial charge in [-0.1, -0.05) is 6.07 Å². The summed E-state index contributed by atoms with van der Waals surface area (Å²) >= 11 is 1.48. The topological polar surface area (TPSA) is 51.2 Å². The maximum Gasteiger partial charge on any atom is 0.230 e. The maximum absolute atomic E-state index is 13.4. The van der Waals surface area contributed by atoms with Gasteiger partial charge in [0.05, 0.1) is 11.8 Å². The number of carbonyl (C=O) groups excluding carboxylic acids is 1. The Hall–Kier alpha value is -2.15. The zero-order valence-electron chi connectivity index (χ0n) is 13.2. The third kappa shape index (κ3) is 6.16. The van der Waals surface area contributed by atoms with Crippen LogP contribution in [-0.2, 0) is 10.5 Å². The van der Waals surface area contributed by atoms with Gasteiger partial charge in [-0.2, -0.15) is 0 Å². The summed E-state index contributed by atoms with van der Waals surface area (Å²) in [5.41, 5.74) is 1.05. The van der Waals surface area contributed by atoms with E-state index in [2.05, 4.69) is 10.3 Å². The molecule has 0 saturated heterocycles. The van der Waals surface area contributed by atoms with Crippen molar-refractivity contribution in [1.82, 2.24) is 10.3 Å². The van der Waals surface area contributed by atoms with Crippen LogP contribution in [0.1, 0.15) is 12.5 Å². The number of benzene rings is 1. The van der Waals surface area contributed by atoms with Crippen LogP contribution in [-0.4, -0.2) is 29.3 Å². The van der Waals surface area contributed by atoms with E-state index in [0.717, 1.165) is 17.7 Å². The normalized spacial score (nSPS) is 11.8. The highest BCUT2D eigenvalue weighted by molar-refractivity contribution is 7.99. The van der Waals surface area contributed by atoms with Crippen molar-refractivity contribution < 1.29 is 18.3 Å². The minimum absolute atomic E-state index is 0.0385. The molecule has 7 heteroatoms. The third-order valence-corrected chi connectivity index (χ3v) is 4.02. The fourth-order valence-corrected chi connectivity index (χ4v) is 2.69. The van der Waals surface area contributed by atoms with Crippen molar-refractivity contribution in [2.24, 2.45) is 0 Å². The minimum atomic E-state index is -0.763. The summed E-state index contributed by atoms with van der Waals surface area (Å²) in [4.78, 5) is 15.9. The van der Waals surface area contributed by atoms with Gasteiger partial charge < -0.3 is 10.1 Å². The number of nitrogens with one attached hydrogen (secondary N) is 1. The van der Waals surface area contributed by atoms with E-state index < -0.39 is 11.6 Å². The first-order valence-corrected chi connectivity index (χ1v) is 8.54. The van der Waals surface area contributed by atoms with Gasteiger partial charge in [0.25, 0.3) is 0 Å². The van der Waals surface area contributed by atoms with E-state index in [4.69, 9.17) is 4.74 Å². The Morgan fingerprint density at radius 3 is 2.92 bits per heavy atom. The van der Waals surface area contributed by atoms with Gasteiger partial charge in [-0.3, -0.25) is 9.78 Å². The Bertz CT molecular complexity index is 671. The zero-order chi connectivity index (χ0) is 17.4. The second-order valence-corrected chi connectivity index (χ2v) is 6.19. The van der Waals surface area contributed by atoms with Crippen molar-refractivity contribution in [3.63, 3.8) is 0 Å². The number of halogens is 2. The highest BCUT2D eigenvalue weighted by Gasteiger charge is 2.10. The number of aromatic nitrogens is 1. The van der Waals surface area contributed by atoms with Gasteiger partial charge in [-0.15, -0.1) is 11.8 Å². The Balaban J connectivity index is 1.67. The van der Waals surface area contributed by atoms with Crippen LogP contribution < -0.4 is 10.1 Å². The highest BCUT2D eigenvalue weighted by Crippen LogP contribution is 2.17. The second-order valence-electron chi connectivity index (χ2n) is 5.21. The molecule has 0 aliphatic rings. The van der Waals surface area contributed by atoms with E-state index in [0.29, 0.717) is 11.5 Å². The van der Waals surface area contributed by atoms with Gasteiger partial charge in [0.2, 0.25) is 5.91 Å². The van der Waals surface area contributed by atoms with Crippen molar-refractivity contribution >= 4 is 17.7 Å². The molecule has 1 amide bonds. The quantitative estimate of drug-likeness (QED) is 0.793.